The van der Waals surface area contributed by atoms with Gasteiger partial charge in [-0.15, -0.1) is 0 Å². The van der Waals surface area contributed by atoms with E-state index in [1.807, 2.05) is 36.1 Å². The highest BCUT2D eigenvalue weighted by molar-refractivity contribution is 5.79. The number of likely N-dealkylation sites (tertiary alicyclic amines) is 1. The van der Waals surface area contributed by atoms with E-state index >= 15 is 0 Å². The van der Waals surface area contributed by atoms with Gasteiger partial charge in [0.25, 0.3) is 0 Å². The van der Waals surface area contributed by atoms with E-state index in [-0.39, 0.29) is 5.54 Å². The number of nitrogens with one attached hydrogen (secondary N) is 1. The number of ether oxygens (including phenoxy) is 1. The molecule has 4 rings (SSSR count). The van der Waals surface area contributed by atoms with Gasteiger partial charge in [0.2, 0.25) is 0 Å². The molecule has 0 atom stereocenters. The second-order valence-electron chi connectivity index (χ2n) is 8.42. The van der Waals surface area contributed by atoms with Crippen LogP contribution in [-0.4, -0.2) is 78.0 Å². The summed E-state index contributed by atoms with van der Waals surface area (Å²) in [5.41, 5.74) is 2.41. The van der Waals surface area contributed by atoms with E-state index in [4.69, 9.17) is 4.74 Å². The summed E-state index contributed by atoms with van der Waals surface area (Å²) >= 11 is 0. The average molecular weight is 411 g/mol. The molecule has 0 unspecified atom stereocenters. The maximum Gasteiger partial charge on any atom is 0.193 e. The lowest BCUT2D eigenvalue weighted by Crippen LogP contribution is -2.58. The number of aromatic nitrogens is 2. The van der Waals surface area contributed by atoms with E-state index in [2.05, 4.69) is 50.6 Å². The maximum atomic E-state index is 5.68. The molecular formula is C23H34N6O. The summed E-state index contributed by atoms with van der Waals surface area (Å²) in [5, 5.41) is 8.18. The van der Waals surface area contributed by atoms with Crippen LogP contribution in [0.5, 0.6) is 0 Å². The van der Waals surface area contributed by atoms with Gasteiger partial charge in [0, 0.05) is 57.7 Å². The number of nitrogens with zero attached hydrogens (tertiary/aromatic N) is 5. The van der Waals surface area contributed by atoms with Crippen molar-refractivity contribution in [3.63, 3.8) is 0 Å². The van der Waals surface area contributed by atoms with Crippen molar-refractivity contribution < 1.29 is 4.74 Å². The second-order valence-corrected chi connectivity index (χ2v) is 8.42. The minimum Gasteiger partial charge on any atom is -0.381 e. The third-order valence-corrected chi connectivity index (χ3v) is 6.43. The van der Waals surface area contributed by atoms with Crippen molar-refractivity contribution in [3.05, 3.63) is 48.3 Å². The van der Waals surface area contributed by atoms with Gasteiger partial charge in [-0.1, -0.05) is 18.2 Å². The number of hydrogen-bond donors (Lipinski definition) is 1. The summed E-state index contributed by atoms with van der Waals surface area (Å²) in [4.78, 5) is 9.40. The van der Waals surface area contributed by atoms with Crippen LogP contribution in [0.1, 0.15) is 31.2 Å². The Morgan fingerprint density at radius 1 is 1.20 bits per heavy atom. The van der Waals surface area contributed by atoms with Gasteiger partial charge < -0.3 is 15.0 Å². The largest absolute Gasteiger partial charge is 0.381 e. The molecule has 1 N–H and O–H groups in total. The van der Waals surface area contributed by atoms with Crippen LogP contribution in [0.15, 0.2) is 47.7 Å². The van der Waals surface area contributed by atoms with Crippen molar-refractivity contribution in [3.8, 4) is 5.69 Å². The topological polar surface area (TPSA) is 57.9 Å². The molecule has 0 aliphatic carbocycles. The van der Waals surface area contributed by atoms with Gasteiger partial charge in [-0.05, 0) is 50.9 Å². The molecule has 2 fully saturated rings. The smallest absolute Gasteiger partial charge is 0.193 e. The molecule has 0 bridgehead atoms. The van der Waals surface area contributed by atoms with Gasteiger partial charge in [-0.2, -0.15) is 5.10 Å². The van der Waals surface area contributed by atoms with Gasteiger partial charge in [-0.25, -0.2) is 4.68 Å². The number of para-hydroxylation sites is 1. The van der Waals surface area contributed by atoms with Crippen LogP contribution in [0.4, 0.5) is 0 Å². The highest BCUT2D eigenvalue weighted by Crippen LogP contribution is 2.30. The van der Waals surface area contributed by atoms with E-state index in [0.29, 0.717) is 0 Å². The minimum atomic E-state index is 0.184. The molecule has 0 spiro atoms. The molecule has 30 heavy (non-hydrogen) atoms. The van der Waals surface area contributed by atoms with Gasteiger partial charge in [0.05, 0.1) is 11.9 Å². The second kappa shape index (κ2) is 9.62. The Hall–Kier alpha value is -2.38. The zero-order chi connectivity index (χ0) is 20.8. The normalized spacial score (nSPS) is 19.7. The van der Waals surface area contributed by atoms with E-state index < -0.39 is 0 Å². The summed E-state index contributed by atoms with van der Waals surface area (Å²) in [7, 11) is 3.94. The molecule has 2 aliphatic rings. The van der Waals surface area contributed by atoms with Crippen LogP contribution < -0.4 is 5.32 Å². The van der Waals surface area contributed by atoms with Crippen molar-refractivity contribution in [1.82, 2.24) is 24.9 Å². The fourth-order valence-corrected chi connectivity index (χ4v) is 4.69. The lowest BCUT2D eigenvalue weighted by Gasteiger charge is -2.45. The zero-order valence-corrected chi connectivity index (χ0v) is 18.3. The molecular weight excluding hydrogens is 376 g/mol. The monoisotopic (exact) mass is 410 g/mol. The fraction of sp³-hybridized carbons (Fsp3) is 0.565. The predicted molar refractivity (Wildman–Crippen MR) is 120 cm³/mol. The zero-order valence-electron chi connectivity index (χ0n) is 18.3. The number of aliphatic imine (C=N–C) groups is 1. The van der Waals surface area contributed by atoms with E-state index in [1.54, 1.807) is 0 Å². The fourth-order valence-electron chi connectivity index (χ4n) is 4.69. The Morgan fingerprint density at radius 3 is 2.63 bits per heavy atom. The molecule has 0 amide bonds. The minimum absolute atomic E-state index is 0.184. The summed E-state index contributed by atoms with van der Waals surface area (Å²) in [6.45, 7) is 5.78. The van der Waals surface area contributed by atoms with Crippen LogP contribution in [0.25, 0.3) is 5.69 Å². The van der Waals surface area contributed by atoms with Gasteiger partial charge in [0.15, 0.2) is 5.96 Å². The summed E-state index contributed by atoms with van der Waals surface area (Å²) in [6, 6.07) is 10.2. The van der Waals surface area contributed by atoms with Crippen molar-refractivity contribution in [2.45, 2.75) is 37.8 Å². The molecule has 7 nitrogen and oxygen atoms in total. The van der Waals surface area contributed by atoms with Gasteiger partial charge in [-0.3, -0.25) is 9.89 Å². The highest BCUT2D eigenvalue weighted by Gasteiger charge is 2.39. The van der Waals surface area contributed by atoms with E-state index in [0.717, 1.165) is 56.4 Å². The van der Waals surface area contributed by atoms with Crippen molar-refractivity contribution in [2.24, 2.45) is 4.99 Å². The summed E-state index contributed by atoms with van der Waals surface area (Å²) in [6.07, 6.45) is 8.81. The first-order valence-electron chi connectivity index (χ1n) is 11.0. The summed E-state index contributed by atoms with van der Waals surface area (Å²) < 4.78 is 7.60. The first kappa shape index (κ1) is 20.9. The standard InChI is InChI=1S/C23H34N6O/c1-24-22(25-19-23(10-14-30-15-11-23)28-12-6-7-13-28)27(2)17-20-16-26-29(18-20)21-8-4-3-5-9-21/h3-5,8-9,16,18H,6-7,10-15,17,19H2,1-2H3,(H,24,25). The molecule has 3 heterocycles. The molecule has 2 saturated heterocycles. The third kappa shape index (κ3) is 4.68. The molecule has 7 heteroatoms. The van der Waals surface area contributed by atoms with E-state index in [1.165, 1.54) is 25.9 Å². The number of benzene rings is 1. The molecule has 1 aromatic heterocycles. The first-order valence-corrected chi connectivity index (χ1v) is 11.0. The Labute approximate surface area is 179 Å². The quantitative estimate of drug-likeness (QED) is 0.586. The molecule has 0 radical (unpaired) electrons. The van der Waals surface area contributed by atoms with Crippen molar-refractivity contribution in [2.75, 3.05) is 46.9 Å². The molecule has 1 aromatic carbocycles. The molecule has 2 aromatic rings. The van der Waals surface area contributed by atoms with Crippen LogP contribution in [0.2, 0.25) is 0 Å². The number of hydrogen-bond acceptors (Lipinski definition) is 4. The Bertz CT molecular complexity index is 821. The average Bonchev–Trinajstić information content (AvgIpc) is 3.48. The van der Waals surface area contributed by atoms with Gasteiger partial charge >= 0.3 is 0 Å². The first-order chi connectivity index (χ1) is 14.7. The highest BCUT2D eigenvalue weighted by atomic mass is 16.5. The number of rotatable bonds is 6. The molecule has 2 aliphatic heterocycles. The van der Waals surface area contributed by atoms with Crippen LogP contribution >= 0.6 is 0 Å². The Kier molecular flexibility index (Phi) is 6.69. The third-order valence-electron chi connectivity index (χ3n) is 6.43. The molecule has 162 valence electrons. The SMILES string of the molecule is CN=C(NCC1(N2CCCC2)CCOCC1)N(C)Cc1cnn(-c2ccccc2)c1. The van der Waals surface area contributed by atoms with Crippen molar-refractivity contribution in [1.29, 1.82) is 0 Å². The van der Waals surface area contributed by atoms with Crippen LogP contribution in [-0.2, 0) is 11.3 Å². The predicted octanol–water partition coefficient (Wildman–Crippen LogP) is 2.52. The van der Waals surface area contributed by atoms with Crippen LogP contribution in [0.3, 0.4) is 0 Å². The van der Waals surface area contributed by atoms with E-state index in [9.17, 15) is 0 Å². The van der Waals surface area contributed by atoms with Crippen LogP contribution in [0, 0.1) is 0 Å². The number of guanidine groups is 1. The Balaban J connectivity index is 1.38. The molecule has 0 saturated carbocycles. The summed E-state index contributed by atoms with van der Waals surface area (Å²) in [5.74, 6) is 0.924. The van der Waals surface area contributed by atoms with Crippen molar-refractivity contribution >= 4 is 5.96 Å². The van der Waals surface area contributed by atoms with Gasteiger partial charge in [0.1, 0.15) is 0 Å². The maximum absolute atomic E-state index is 5.68. The Morgan fingerprint density at radius 2 is 1.93 bits per heavy atom. The lowest BCUT2D eigenvalue weighted by atomic mass is 9.88. The lowest BCUT2D eigenvalue weighted by molar-refractivity contribution is -0.0166.